The standard InChI is InChI=1S/C11H11NO3/c1-11(12-7-13)5-8-2-3-9(14)4-10(8)15-6-11/h2-4,14H,5-6H2,1H3. The fraction of sp³-hybridized carbons (Fsp3) is 0.364. The van der Waals surface area contributed by atoms with Gasteiger partial charge in [-0.2, -0.15) is 4.99 Å². The van der Waals surface area contributed by atoms with Crippen LogP contribution in [0.3, 0.4) is 0 Å². The topological polar surface area (TPSA) is 58.9 Å². The molecule has 0 amide bonds. The van der Waals surface area contributed by atoms with E-state index >= 15 is 0 Å². The maximum Gasteiger partial charge on any atom is 0.235 e. The highest BCUT2D eigenvalue weighted by Crippen LogP contribution is 2.33. The summed E-state index contributed by atoms with van der Waals surface area (Å²) in [7, 11) is 0. The molecule has 4 heteroatoms. The van der Waals surface area contributed by atoms with Gasteiger partial charge in [0.05, 0.1) is 0 Å². The zero-order chi connectivity index (χ0) is 10.9. The number of isocyanates is 1. The molecule has 15 heavy (non-hydrogen) atoms. The Morgan fingerprint density at radius 2 is 2.40 bits per heavy atom. The molecule has 1 aromatic carbocycles. The Kier molecular flexibility index (Phi) is 2.21. The Hall–Kier alpha value is -1.80. The molecule has 78 valence electrons. The molecule has 0 aliphatic carbocycles. The molecule has 1 unspecified atom stereocenters. The first-order valence-corrected chi connectivity index (χ1v) is 4.67. The number of hydrogen-bond donors (Lipinski definition) is 1. The van der Waals surface area contributed by atoms with Crippen LogP contribution < -0.4 is 4.74 Å². The van der Waals surface area contributed by atoms with E-state index in [0.717, 1.165) is 5.56 Å². The van der Waals surface area contributed by atoms with Gasteiger partial charge in [-0.05, 0) is 18.6 Å². The Morgan fingerprint density at radius 1 is 1.60 bits per heavy atom. The van der Waals surface area contributed by atoms with Crippen LogP contribution in [0.25, 0.3) is 0 Å². The molecule has 2 rings (SSSR count). The molecule has 0 radical (unpaired) electrons. The lowest BCUT2D eigenvalue weighted by molar-refractivity contribution is 0.205. The van der Waals surface area contributed by atoms with Crippen LogP contribution in [-0.4, -0.2) is 23.3 Å². The van der Waals surface area contributed by atoms with Gasteiger partial charge in [-0.25, -0.2) is 4.79 Å². The minimum absolute atomic E-state index is 0.177. The second-order valence-electron chi connectivity index (χ2n) is 3.96. The van der Waals surface area contributed by atoms with Gasteiger partial charge in [0.1, 0.15) is 23.6 Å². The highest BCUT2D eigenvalue weighted by molar-refractivity contribution is 5.44. The molecule has 0 saturated heterocycles. The number of aromatic hydroxyl groups is 1. The second kappa shape index (κ2) is 3.41. The van der Waals surface area contributed by atoms with E-state index in [9.17, 15) is 9.90 Å². The molecule has 0 fully saturated rings. The van der Waals surface area contributed by atoms with Gasteiger partial charge in [0, 0.05) is 12.5 Å². The number of carbonyl (C=O) groups excluding carboxylic acids is 1. The summed E-state index contributed by atoms with van der Waals surface area (Å²) >= 11 is 0. The third-order valence-electron chi connectivity index (χ3n) is 2.48. The van der Waals surface area contributed by atoms with Crippen molar-refractivity contribution in [2.75, 3.05) is 6.61 Å². The van der Waals surface area contributed by atoms with Crippen molar-refractivity contribution in [1.82, 2.24) is 0 Å². The molecule has 1 aliphatic rings. The zero-order valence-electron chi connectivity index (χ0n) is 8.36. The maximum atomic E-state index is 10.3. The van der Waals surface area contributed by atoms with Crippen LogP contribution in [0.4, 0.5) is 0 Å². The summed E-state index contributed by atoms with van der Waals surface area (Å²) in [6, 6.07) is 4.94. The minimum Gasteiger partial charge on any atom is -0.508 e. The van der Waals surface area contributed by atoms with Crippen LogP contribution in [0.5, 0.6) is 11.5 Å². The van der Waals surface area contributed by atoms with Crippen molar-refractivity contribution in [3.8, 4) is 11.5 Å². The van der Waals surface area contributed by atoms with Gasteiger partial charge in [-0.1, -0.05) is 6.07 Å². The van der Waals surface area contributed by atoms with E-state index in [4.69, 9.17) is 4.74 Å². The first kappa shape index (κ1) is 9.74. The minimum atomic E-state index is -0.536. The third kappa shape index (κ3) is 1.85. The predicted octanol–water partition coefficient (Wildman–Crippen LogP) is 1.42. The van der Waals surface area contributed by atoms with Gasteiger partial charge in [-0.15, -0.1) is 0 Å². The number of benzene rings is 1. The van der Waals surface area contributed by atoms with Crippen molar-refractivity contribution in [3.05, 3.63) is 23.8 Å². The number of phenolic OH excluding ortho intramolecular Hbond substituents is 1. The van der Waals surface area contributed by atoms with Crippen LogP contribution in [0.1, 0.15) is 12.5 Å². The van der Waals surface area contributed by atoms with Gasteiger partial charge < -0.3 is 9.84 Å². The first-order chi connectivity index (χ1) is 7.13. The Morgan fingerprint density at radius 3 is 3.13 bits per heavy atom. The molecule has 0 spiro atoms. The van der Waals surface area contributed by atoms with Gasteiger partial charge in [0.15, 0.2) is 0 Å². The molecule has 0 saturated carbocycles. The van der Waals surface area contributed by atoms with Crippen molar-refractivity contribution in [2.24, 2.45) is 4.99 Å². The van der Waals surface area contributed by atoms with E-state index in [1.54, 1.807) is 24.3 Å². The van der Waals surface area contributed by atoms with E-state index in [1.807, 2.05) is 6.92 Å². The maximum absolute atomic E-state index is 10.3. The normalized spacial score (nSPS) is 23.5. The number of aliphatic imine (C=N–C) groups is 1. The quantitative estimate of drug-likeness (QED) is 0.557. The lowest BCUT2D eigenvalue weighted by atomic mass is 9.91. The van der Waals surface area contributed by atoms with Crippen LogP contribution in [0.2, 0.25) is 0 Å². The molecule has 1 aliphatic heterocycles. The van der Waals surface area contributed by atoms with Crippen molar-refractivity contribution >= 4 is 6.08 Å². The first-order valence-electron chi connectivity index (χ1n) is 4.67. The summed E-state index contributed by atoms with van der Waals surface area (Å²) in [6.45, 7) is 2.17. The van der Waals surface area contributed by atoms with E-state index in [-0.39, 0.29) is 5.75 Å². The Balaban J connectivity index is 2.35. The van der Waals surface area contributed by atoms with Gasteiger partial charge in [-0.3, -0.25) is 0 Å². The van der Waals surface area contributed by atoms with E-state index in [2.05, 4.69) is 4.99 Å². The van der Waals surface area contributed by atoms with Crippen LogP contribution >= 0.6 is 0 Å². The predicted molar refractivity (Wildman–Crippen MR) is 53.8 cm³/mol. The highest BCUT2D eigenvalue weighted by atomic mass is 16.5. The van der Waals surface area contributed by atoms with E-state index < -0.39 is 5.54 Å². The number of fused-ring (bicyclic) bond motifs is 1. The smallest absolute Gasteiger partial charge is 0.235 e. The summed E-state index contributed by atoms with van der Waals surface area (Å²) < 4.78 is 5.44. The molecular formula is C11H11NO3. The molecule has 1 aromatic rings. The van der Waals surface area contributed by atoms with Crippen LogP contribution in [0, 0.1) is 0 Å². The van der Waals surface area contributed by atoms with Gasteiger partial charge in [0.25, 0.3) is 0 Å². The van der Waals surface area contributed by atoms with Crippen molar-refractivity contribution < 1.29 is 14.6 Å². The summed E-state index contributed by atoms with van der Waals surface area (Å²) in [4.78, 5) is 14.0. The highest BCUT2D eigenvalue weighted by Gasteiger charge is 2.31. The third-order valence-corrected chi connectivity index (χ3v) is 2.48. The van der Waals surface area contributed by atoms with E-state index in [1.165, 1.54) is 0 Å². The Bertz CT molecular complexity index is 437. The number of rotatable bonds is 1. The zero-order valence-corrected chi connectivity index (χ0v) is 8.36. The van der Waals surface area contributed by atoms with Crippen LogP contribution in [0.15, 0.2) is 23.2 Å². The van der Waals surface area contributed by atoms with Gasteiger partial charge >= 0.3 is 0 Å². The lowest BCUT2D eigenvalue weighted by Crippen LogP contribution is -2.36. The van der Waals surface area contributed by atoms with Crippen molar-refractivity contribution in [2.45, 2.75) is 18.9 Å². The average Bonchev–Trinajstić information content (AvgIpc) is 2.19. The summed E-state index contributed by atoms with van der Waals surface area (Å²) in [5.74, 6) is 0.838. The van der Waals surface area contributed by atoms with E-state index in [0.29, 0.717) is 18.8 Å². The molecule has 0 bridgehead atoms. The number of nitrogens with zero attached hydrogens (tertiary/aromatic N) is 1. The second-order valence-corrected chi connectivity index (χ2v) is 3.96. The summed E-state index contributed by atoms with van der Waals surface area (Å²) in [5, 5.41) is 9.26. The fourth-order valence-corrected chi connectivity index (χ4v) is 1.70. The number of hydrogen-bond acceptors (Lipinski definition) is 4. The summed E-state index contributed by atoms with van der Waals surface area (Å²) in [6.07, 6.45) is 2.19. The van der Waals surface area contributed by atoms with Crippen molar-refractivity contribution in [3.63, 3.8) is 0 Å². The average molecular weight is 205 g/mol. The molecular weight excluding hydrogens is 194 g/mol. The molecule has 4 nitrogen and oxygen atoms in total. The fourth-order valence-electron chi connectivity index (χ4n) is 1.70. The SMILES string of the molecule is CC1(N=C=O)COc2cc(O)ccc2C1. The number of phenols is 1. The monoisotopic (exact) mass is 205 g/mol. The summed E-state index contributed by atoms with van der Waals surface area (Å²) in [5.41, 5.74) is 0.409. The largest absolute Gasteiger partial charge is 0.508 e. The van der Waals surface area contributed by atoms with Crippen molar-refractivity contribution in [1.29, 1.82) is 0 Å². The van der Waals surface area contributed by atoms with Crippen LogP contribution in [-0.2, 0) is 11.2 Å². The molecule has 0 aromatic heterocycles. The molecule has 1 heterocycles. The van der Waals surface area contributed by atoms with Gasteiger partial charge in [0.2, 0.25) is 6.08 Å². The molecule has 1 atom stereocenters. The Labute approximate surface area is 87.2 Å². The lowest BCUT2D eigenvalue weighted by Gasteiger charge is -2.30. The number of ether oxygens (including phenoxy) is 1. The molecule has 1 N–H and O–H groups in total.